The van der Waals surface area contributed by atoms with Crippen LogP contribution in [0.3, 0.4) is 0 Å². The molecule has 0 aliphatic heterocycles. The summed E-state index contributed by atoms with van der Waals surface area (Å²) in [5.41, 5.74) is 1.81. The molecule has 3 heteroatoms. The molecular formula is C25H38O3. The molecule has 0 heterocycles. The second kappa shape index (κ2) is 7.29. The largest absolute Gasteiger partial charge is 0.462 e. The zero-order chi connectivity index (χ0) is 20.1. The number of carbonyl (C=O) groups is 2. The van der Waals surface area contributed by atoms with E-state index in [-0.39, 0.29) is 22.9 Å². The summed E-state index contributed by atoms with van der Waals surface area (Å²) in [6.45, 7) is 9.15. The summed E-state index contributed by atoms with van der Waals surface area (Å²) in [7, 11) is 0. The van der Waals surface area contributed by atoms with Gasteiger partial charge in [0.2, 0.25) is 0 Å². The van der Waals surface area contributed by atoms with Crippen molar-refractivity contribution in [2.24, 2.45) is 34.5 Å². The van der Waals surface area contributed by atoms with E-state index in [0.29, 0.717) is 30.0 Å². The van der Waals surface area contributed by atoms with E-state index in [4.69, 9.17) is 4.74 Å². The summed E-state index contributed by atoms with van der Waals surface area (Å²) in [4.78, 5) is 24.4. The maximum atomic E-state index is 12.4. The fourth-order valence-electron chi connectivity index (χ4n) is 7.33. The Bertz CT molecular complexity index is 677. The first-order valence-corrected chi connectivity index (χ1v) is 11.7. The SMILES string of the molecule is CC(C)CCC(=O)O[C@H]1CC[C@@H]2[C@H]3CCC4=CC(=O)CC[C@]4(C)[C@@H]3CC[C@@]12C. The van der Waals surface area contributed by atoms with Gasteiger partial charge in [0, 0.05) is 18.3 Å². The van der Waals surface area contributed by atoms with E-state index in [1.54, 1.807) is 0 Å². The molecular weight excluding hydrogens is 348 g/mol. The van der Waals surface area contributed by atoms with Gasteiger partial charge in [-0.3, -0.25) is 9.59 Å². The van der Waals surface area contributed by atoms with Crippen LogP contribution < -0.4 is 0 Å². The fourth-order valence-corrected chi connectivity index (χ4v) is 7.33. The molecule has 4 rings (SSSR count). The molecule has 0 radical (unpaired) electrons. The van der Waals surface area contributed by atoms with E-state index in [1.807, 2.05) is 6.08 Å². The summed E-state index contributed by atoms with van der Waals surface area (Å²) in [5, 5.41) is 0. The summed E-state index contributed by atoms with van der Waals surface area (Å²) >= 11 is 0. The molecule has 0 aromatic rings. The van der Waals surface area contributed by atoms with Crippen LogP contribution in [0.1, 0.15) is 91.9 Å². The maximum Gasteiger partial charge on any atom is 0.306 e. The number of ketones is 1. The van der Waals surface area contributed by atoms with Crippen molar-refractivity contribution in [1.29, 1.82) is 0 Å². The van der Waals surface area contributed by atoms with Gasteiger partial charge >= 0.3 is 5.97 Å². The standard InChI is InChI=1S/C25H38O3/c1-16(2)5-10-23(27)28-22-9-8-20-19-7-6-17-15-18(26)11-13-24(17,3)21(19)12-14-25(20,22)4/h15-16,19-22H,5-14H2,1-4H3/t19-,20-,21-,22+,24+,25-/m1/s1. The number of allylic oxidation sites excluding steroid dienone is 1. The van der Waals surface area contributed by atoms with Gasteiger partial charge in [0.05, 0.1) is 0 Å². The van der Waals surface area contributed by atoms with Gasteiger partial charge in [-0.15, -0.1) is 0 Å². The third-order valence-corrected chi connectivity index (χ3v) is 9.07. The van der Waals surface area contributed by atoms with Crippen molar-refractivity contribution in [3.05, 3.63) is 11.6 Å². The monoisotopic (exact) mass is 386 g/mol. The van der Waals surface area contributed by atoms with Gasteiger partial charge in [-0.1, -0.05) is 33.3 Å². The van der Waals surface area contributed by atoms with Crippen LogP contribution in [0, 0.1) is 34.5 Å². The second-order valence-electron chi connectivity index (χ2n) is 11.0. The average molecular weight is 387 g/mol. The van der Waals surface area contributed by atoms with Crippen molar-refractivity contribution < 1.29 is 14.3 Å². The van der Waals surface area contributed by atoms with Crippen LogP contribution in [0.25, 0.3) is 0 Å². The minimum atomic E-state index is 0.00863. The number of hydrogen-bond donors (Lipinski definition) is 0. The average Bonchev–Trinajstić information content (AvgIpc) is 2.97. The zero-order valence-electron chi connectivity index (χ0n) is 18.3. The Morgan fingerprint density at radius 3 is 2.64 bits per heavy atom. The van der Waals surface area contributed by atoms with Crippen LogP contribution in [-0.2, 0) is 14.3 Å². The highest BCUT2D eigenvalue weighted by Crippen LogP contribution is 2.65. The van der Waals surface area contributed by atoms with Crippen molar-refractivity contribution >= 4 is 11.8 Å². The molecule has 0 amide bonds. The third kappa shape index (κ3) is 3.27. The van der Waals surface area contributed by atoms with Crippen LogP contribution in [0.2, 0.25) is 0 Å². The lowest BCUT2D eigenvalue weighted by atomic mass is 9.47. The molecule has 3 saturated carbocycles. The van der Waals surface area contributed by atoms with E-state index in [0.717, 1.165) is 44.4 Å². The Labute approximate surface area is 170 Å². The van der Waals surface area contributed by atoms with Crippen molar-refractivity contribution in [1.82, 2.24) is 0 Å². The van der Waals surface area contributed by atoms with E-state index in [9.17, 15) is 9.59 Å². The first kappa shape index (κ1) is 20.2. The van der Waals surface area contributed by atoms with E-state index in [1.165, 1.54) is 24.8 Å². The van der Waals surface area contributed by atoms with Gasteiger partial charge in [-0.25, -0.2) is 0 Å². The highest BCUT2D eigenvalue weighted by Gasteiger charge is 2.59. The summed E-state index contributed by atoms with van der Waals surface area (Å²) in [6, 6.07) is 0. The van der Waals surface area contributed by atoms with Gasteiger partial charge in [0.15, 0.2) is 5.78 Å². The number of ether oxygens (including phenoxy) is 1. The molecule has 3 fully saturated rings. The van der Waals surface area contributed by atoms with Crippen molar-refractivity contribution in [3.63, 3.8) is 0 Å². The van der Waals surface area contributed by atoms with E-state index >= 15 is 0 Å². The minimum Gasteiger partial charge on any atom is -0.462 e. The highest BCUT2D eigenvalue weighted by atomic mass is 16.5. The predicted octanol–water partition coefficient (Wildman–Crippen LogP) is 5.87. The Morgan fingerprint density at radius 2 is 1.89 bits per heavy atom. The number of rotatable bonds is 4. The zero-order valence-corrected chi connectivity index (χ0v) is 18.3. The van der Waals surface area contributed by atoms with Crippen LogP contribution in [-0.4, -0.2) is 17.9 Å². The molecule has 28 heavy (non-hydrogen) atoms. The van der Waals surface area contributed by atoms with Crippen LogP contribution in [0.15, 0.2) is 11.6 Å². The molecule has 0 N–H and O–H groups in total. The van der Waals surface area contributed by atoms with Gasteiger partial charge in [0.1, 0.15) is 6.10 Å². The first-order chi connectivity index (χ1) is 13.2. The Kier molecular flexibility index (Phi) is 5.25. The van der Waals surface area contributed by atoms with Gasteiger partial charge in [-0.05, 0) is 86.5 Å². The van der Waals surface area contributed by atoms with Crippen molar-refractivity contribution in [2.45, 2.75) is 98.0 Å². The second-order valence-corrected chi connectivity index (χ2v) is 11.0. The Balaban J connectivity index is 1.49. The van der Waals surface area contributed by atoms with E-state index in [2.05, 4.69) is 27.7 Å². The molecule has 0 bridgehead atoms. The highest BCUT2D eigenvalue weighted by molar-refractivity contribution is 5.91. The smallest absolute Gasteiger partial charge is 0.306 e. The van der Waals surface area contributed by atoms with Crippen molar-refractivity contribution in [2.75, 3.05) is 0 Å². The van der Waals surface area contributed by atoms with Gasteiger partial charge < -0.3 is 4.74 Å². The van der Waals surface area contributed by atoms with Crippen molar-refractivity contribution in [3.8, 4) is 0 Å². The predicted molar refractivity (Wildman–Crippen MR) is 111 cm³/mol. The van der Waals surface area contributed by atoms with Gasteiger partial charge in [0.25, 0.3) is 0 Å². The summed E-state index contributed by atoms with van der Waals surface area (Å²) in [5.74, 6) is 2.99. The lowest BCUT2D eigenvalue weighted by Crippen LogP contribution is -2.51. The van der Waals surface area contributed by atoms with Crippen LogP contribution >= 0.6 is 0 Å². The molecule has 4 aliphatic rings. The molecule has 0 saturated heterocycles. The number of hydrogen-bond acceptors (Lipinski definition) is 3. The third-order valence-electron chi connectivity index (χ3n) is 9.07. The lowest BCUT2D eigenvalue weighted by Gasteiger charge is -2.57. The first-order valence-electron chi connectivity index (χ1n) is 11.7. The Hall–Kier alpha value is -1.12. The molecule has 0 aromatic carbocycles. The molecule has 4 aliphatic carbocycles. The fraction of sp³-hybridized carbons (Fsp3) is 0.840. The van der Waals surface area contributed by atoms with E-state index < -0.39 is 0 Å². The van der Waals surface area contributed by atoms with Gasteiger partial charge in [-0.2, -0.15) is 0 Å². The maximum absolute atomic E-state index is 12.4. The lowest BCUT2D eigenvalue weighted by molar-refractivity contribution is -0.160. The van der Waals surface area contributed by atoms with Crippen LogP contribution in [0.5, 0.6) is 0 Å². The number of carbonyl (C=O) groups excluding carboxylic acids is 2. The normalized spacial score (nSPS) is 42.5. The molecule has 0 unspecified atom stereocenters. The quantitative estimate of drug-likeness (QED) is 0.568. The summed E-state index contributed by atoms with van der Waals surface area (Å²) < 4.78 is 6.06. The molecule has 0 spiro atoms. The molecule has 3 nitrogen and oxygen atoms in total. The van der Waals surface area contributed by atoms with Crippen LogP contribution in [0.4, 0.5) is 0 Å². The molecule has 0 aromatic heterocycles. The molecule has 156 valence electrons. The number of fused-ring (bicyclic) bond motifs is 5. The molecule has 6 atom stereocenters. The summed E-state index contributed by atoms with van der Waals surface area (Å²) in [6.07, 6.45) is 12.3. The number of esters is 1. The minimum absolute atomic E-state index is 0.00863. The Morgan fingerprint density at radius 1 is 1.11 bits per heavy atom. The topological polar surface area (TPSA) is 43.4 Å².